The number of nitrogens with zero attached hydrogens (tertiary/aromatic N) is 6. The first-order chi connectivity index (χ1) is 14.3. The van der Waals surface area contributed by atoms with Crippen molar-refractivity contribution in [2.24, 2.45) is 0 Å². The summed E-state index contributed by atoms with van der Waals surface area (Å²) < 4.78 is 16.5. The van der Waals surface area contributed by atoms with Crippen LogP contribution in [0.5, 0.6) is 0 Å². The predicted octanol–water partition coefficient (Wildman–Crippen LogP) is 2.34. The van der Waals surface area contributed by atoms with E-state index in [1.165, 1.54) is 6.92 Å². The maximum atomic E-state index is 14.5. The van der Waals surface area contributed by atoms with E-state index in [-0.39, 0.29) is 19.2 Å². The van der Waals surface area contributed by atoms with Crippen LogP contribution in [0.3, 0.4) is 0 Å². The Morgan fingerprint density at radius 1 is 1.30 bits per heavy atom. The van der Waals surface area contributed by atoms with Crippen molar-refractivity contribution in [3.63, 3.8) is 0 Å². The predicted molar refractivity (Wildman–Crippen MR) is 112 cm³/mol. The van der Waals surface area contributed by atoms with Crippen LogP contribution in [-0.2, 0) is 6.61 Å². The summed E-state index contributed by atoms with van der Waals surface area (Å²) in [5, 5.41) is 22.6. The number of halogens is 1. The molecule has 30 heavy (non-hydrogen) atoms. The minimum absolute atomic E-state index is 0.0271. The highest BCUT2D eigenvalue weighted by Gasteiger charge is 2.39. The molecule has 0 aromatic carbocycles. The summed E-state index contributed by atoms with van der Waals surface area (Å²) in [4.78, 5) is 19.3. The van der Waals surface area contributed by atoms with Gasteiger partial charge in [0, 0.05) is 24.8 Å². The lowest BCUT2D eigenvalue weighted by Gasteiger charge is -2.38. The van der Waals surface area contributed by atoms with Crippen molar-refractivity contribution in [3.05, 3.63) is 30.4 Å². The summed E-state index contributed by atoms with van der Waals surface area (Å²) in [6.07, 6.45) is 2.59. The van der Waals surface area contributed by atoms with Crippen LogP contribution in [0.15, 0.2) is 24.5 Å². The molecule has 10 heteroatoms. The average molecular weight is 415 g/mol. The van der Waals surface area contributed by atoms with Crippen molar-refractivity contribution >= 4 is 28.6 Å². The highest BCUT2D eigenvalue weighted by molar-refractivity contribution is 5.79. The monoisotopic (exact) mass is 415 g/mol. The third-order valence-corrected chi connectivity index (χ3v) is 5.36. The molecule has 1 saturated heterocycles. The number of aliphatic hydroxyl groups excluding tert-OH is 2. The minimum Gasteiger partial charge on any atom is -0.390 e. The Kier molecular flexibility index (Phi) is 5.29. The van der Waals surface area contributed by atoms with Gasteiger partial charge in [-0.15, -0.1) is 0 Å². The molecule has 0 radical (unpaired) electrons. The van der Waals surface area contributed by atoms with Gasteiger partial charge in [-0.2, -0.15) is 4.98 Å². The normalized spacial score (nSPS) is 22.1. The Hall–Kier alpha value is -2.85. The largest absolute Gasteiger partial charge is 0.390 e. The van der Waals surface area contributed by atoms with Gasteiger partial charge >= 0.3 is 0 Å². The van der Waals surface area contributed by atoms with Gasteiger partial charge in [-0.1, -0.05) is 0 Å². The van der Waals surface area contributed by atoms with Crippen molar-refractivity contribution in [3.8, 4) is 0 Å². The zero-order chi connectivity index (χ0) is 21.5. The van der Waals surface area contributed by atoms with Gasteiger partial charge in [0.1, 0.15) is 29.6 Å². The van der Waals surface area contributed by atoms with Crippen LogP contribution < -0.4 is 10.2 Å². The van der Waals surface area contributed by atoms with Gasteiger partial charge in [0.25, 0.3) is 0 Å². The maximum absolute atomic E-state index is 14.5. The number of alkyl halides is 1. The standard InChI is InChI=1S/C20H26FN7O2/c1-12(2)28-14-8-17(23-9-13(14)24-18(28)10-29)25-16-4-6-22-19(26-16)27-7-5-15(30)20(3,21)11-27/h4,6,8-9,12,15,29-30H,5,7,10-11H2,1-3H3,(H,22,23,25,26)/t15-,20-/m0/s1. The number of imidazole rings is 1. The number of piperidine rings is 1. The molecule has 1 aliphatic rings. The van der Waals surface area contributed by atoms with E-state index < -0.39 is 11.8 Å². The van der Waals surface area contributed by atoms with Crippen molar-refractivity contribution in [1.82, 2.24) is 24.5 Å². The van der Waals surface area contributed by atoms with Crippen molar-refractivity contribution in [2.75, 3.05) is 23.3 Å². The second kappa shape index (κ2) is 7.77. The van der Waals surface area contributed by atoms with E-state index in [2.05, 4.69) is 25.3 Å². The summed E-state index contributed by atoms with van der Waals surface area (Å²) in [5.74, 6) is 2.08. The smallest absolute Gasteiger partial charge is 0.227 e. The molecule has 3 aromatic rings. The SMILES string of the molecule is CC(C)n1c(CO)nc2cnc(Nc3ccnc(N4CC[C@H](O)[C@@](C)(F)C4)n3)cc21. The van der Waals surface area contributed by atoms with E-state index in [9.17, 15) is 14.6 Å². The summed E-state index contributed by atoms with van der Waals surface area (Å²) in [6.45, 7) is 5.80. The van der Waals surface area contributed by atoms with E-state index in [1.807, 2.05) is 24.5 Å². The Labute approximate surface area is 173 Å². The molecule has 9 nitrogen and oxygen atoms in total. The first kappa shape index (κ1) is 20.4. The Morgan fingerprint density at radius 3 is 2.80 bits per heavy atom. The fourth-order valence-corrected chi connectivity index (χ4v) is 3.81. The van der Waals surface area contributed by atoms with E-state index in [4.69, 9.17) is 0 Å². The van der Waals surface area contributed by atoms with Crippen LogP contribution in [0.2, 0.25) is 0 Å². The molecule has 160 valence electrons. The van der Waals surface area contributed by atoms with Crippen molar-refractivity contribution < 1.29 is 14.6 Å². The Balaban J connectivity index is 1.60. The summed E-state index contributed by atoms with van der Waals surface area (Å²) in [7, 11) is 0. The van der Waals surface area contributed by atoms with Gasteiger partial charge in [0.05, 0.1) is 24.4 Å². The third-order valence-electron chi connectivity index (χ3n) is 5.36. The van der Waals surface area contributed by atoms with Gasteiger partial charge in [0.2, 0.25) is 5.95 Å². The molecule has 4 rings (SSSR count). The van der Waals surface area contributed by atoms with Crippen LogP contribution in [0.1, 0.15) is 39.1 Å². The molecule has 0 spiro atoms. The van der Waals surface area contributed by atoms with Crippen LogP contribution in [0, 0.1) is 0 Å². The lowest BCUT2D eigenvalue weighted by Crippen LogP contribution is -2.52. The van der Waals surface area contributed by atoms with Crippen LogP contribution in [0.25, 0.3) is 11.0 Å². The molecular weight excluding hydrogens is 389 g/mol. The van der Waals surface area contributed by atoms with Gasteiger partial charge < -0.3 is 25.0 Å². The van der Waals surface area contributed by atoms with Crippen LogP contribution in [-0.4, -0.2) is 59.6 Å². The Bertz CT molecular complexity index is 1050. The summed E-state index contributed by atoms with van der Waals surface area (Å²) in [5.41, 5.74) is -0.146. The molecular formula is C20H26FN7O2. The van der Waals surface area contributed by atoms with E-state index in [0.717, 1.165) is 5.52 Å². The number of pyridine rings is 1. The van der Waals surface area contributed by atoms with Crippen molar-refractivity contribution in [2.45, 2.75) is 51.6 Å². The van der Waals surface area contributed by atoms with Gasteiger partial charge in [-0.3, -0.25) is 0 Å². The van der Waals surface area contributed by atoms with Crippen LogP contribution in [0.4, 0.5) is 22.0 Å². The first-order valence-electron chi connectivity index (χ1n) is 9.98. The summed E-state index contributed by atoms with van der Waals surface area (Å²) in [6, 6.07) is 3.70. The van der Waals surface area contributed by atoms with Crippen molar-refractivity contribution in [1.29, 1.82) is 0 Å². The fourth-order valence-electron chi connectivity index (χ4n) is 3.81. The number of nitrogens with one attached hydrogen (secondary N) is 1. The molecule has 0 saturated carbocycles. The van der Waals surface area contributed by atoms with Crippen LogP contribution >= 0.6 is 0 Å². The first-order valence-corrected chi connectivity index (χ1v) is 9.98. The molecule has 2 atom stereocenters. The molecule has 4 heterocycles. The van der Waals surface area contributed by atoms with Gasteiger partial charge in [-0.25, -0.2) is 19.3 Å². The second-order valence-corrected chi connectivity index (χ2v) is 8.08. The number of rotatable bonds is 5. The molecule has 0 bridgehead atoms. The molecule has 0 aliphatic carbocycles. The zero-order valence-corrected chi connectivity index (χ0v) is 17.2. The highest BCUT2D eigenvalue weighted by Crippen LogP contribution is 2.28. The number of anilines is 3. The minimum atomic E-state index is -1.71. The fraction of sp³-hybridized carbons (Fsp3) is 0.500. The highest BCUT2D eigenvalue weighted by atomic mass is 19.1. The lowest BCUT2D eigenvalue weighted by atomic mass is 9.94. The average Bonchev–Trinajstić information content (AvgIpc) is 3.08. The molecule has 0 amide bonds. The zero-order valence-electron chi connectivity index (χ0n) is 17.2. The Morgan fingerprint density at radius 2 is 2.10 bits per heavy atom. The van der Waals surface area contributed by atoms with E-state index in [1.54, 1.807) is 23.4 Å². The molecule has 3 N–H and O–H groups in total. The molecule has 0 unspecified atom stereocenters. The van der Waals surface area contributed by atoms with Gasteiger partial charge in [0.15, 0.2) is 5.67 Å². The second-order valence-electron chi connectivity index (χ2n) is 8.08. The number of hydrogen-bond donors (Lipinski definition) is 3. The summed E-state index contributed by atoms with van der Waals surface area (Å²) >= 11 is 0. The molecule has 3 aromatic heterocycles. The van der Waals surface area contributed by atoms with Gasteiger partial charge in [-0.05, 0) is 33.3 Å². The quantitative estimate of drug-likeness (QED) is 0.582. The number of hydrogen-bond acceptors (Lipinski definition) is 8. The maximum Gasteiger partial charge on any atom is 0.227 e. The number of aliphatic hydroxyl groups is 2. The topological polar surface area (TPSA) is 112 Å². The molecule has 1 fully saturated rings. The van der Waals surface area contributed by atoms with E-state index >= 15 is 0 Å². The number of aromatic nitrogens is 5. The number of fused-ring (bicyclic) bond motifs is 1. The van der Waals surface area contributed by atoms with E-state index in [0.29, 0.717) is 41.9 Å². The third kappa shape index (κ3) is 3.80. The molecule has 1 aliphatic heterocycles. The lowest BCUT2D eigenvalue weighted by molar-refractivity contribution is -0.00860.